The van der Waals surface area contributed by atoms with Crippen LogP contribution in [0.25, 0.3) is 16.9 Å². The monoisotopic (exact) mass is 468 g/mol. The normalized spacial score (nSPS) is 11.0. The highest BCUT2D eigenvalue weighted by atomic mass is 35.5. The second-order valence-corrected chi connectivity index (χ2v) is 8.39. The lowest BCUT2D eigenvalue weighted by Crippen LogP contribution is -2.25. The fourth-order valence-corrected chi connectivity index (χ4v) is 3.96. The molecule has 34 heavy (non-hydrogen) atoms. The molecule has 0 radical (unpaired) electrons. The summed E-state index contributed by atoms with van der Waals surface area (Å²) in [7, 11) is 0. The van der Waals surface area contributed by atoms with E-state index in [-0.39, 0.29) is 11.5 Å². The number of amides is 1. The maximum Gasteiger partial charge on any atom is 0.282 e. The summed E-state index contributed by atoms with van der Waals surface area (Å²) in [6.07, 6.45) is 3.50. The summed E-state index contributed by atoms with van der Waals surface area (Å²) in [5, 5.41) is 8.11. The van der Waals surface area contributed by atoms with E-state index in [1.165, 1.54) is 4.68 Å². The number of fused-ring (bicyclic) bond motifs is 1. The highest BCUT2D eigenvalue weighted by molar-refractivity contribution is 6.30. The first-order valence-corrected chi connectivity index (χ1v) is 11.2. The molecule has 0 saturated carbocycles. The number of nitrogens with one attached hydrogen (secondary N) is 1. The smallest absolute Gasteiger partial charge is 0.282 e. The highest BCUT2D eigenvalue weighted by Gasteiger charge is 2.24. The van der Waals surface area contributed by atoms with Crippen LogP contribution in [0.5, 0.6) is 0 Å². The minimum atomic E-state index is -0.305. The molecule has 0 saturated heterocycles. The summed E-state index contributed by atoms with van der Waals surface area (Å²) in [5.74, 6) is -0.305. The van der Waals surface area contributed by atoms with Gasteiger partial charge in [-0.2, -0.15) is 9.78 Å². The molecule has 2 aliphatic rings. The Hall–Kier alpha value is -4.16. The van der Waals surface area contributed by atoms with Crippen LogP contribution in [0.3, 0.4) is 0 Å². The fourth-order valence-electron chi connectivity index (χ4n) is 3.84. The van der Waals surface area contributed by atoms with Gasteiger partial charge in [-0.05, 0) is 35.4 Å². The van der Waals surface area contributed by atoms with Gasteiger partial charge in [0.25, 0.3) is 11.5 Å². The van der Waals surface area contributed by atoms with Crippen molar-refractivity contribution in [1.29, 1.82) is 0 Å². The zero-order valence-corrected chi connectivity index (χ0v) is 18.9. The maximum absolute atomic E-state index is 13.3. The first-order chi connectivity index (χ1) is 16.6. The zero-order chi connectivity index (χ0) is 23.5. The van der Waals surface area contributed by atoms with E-state index in [1.54, 1.807) is 24.5 Å². The van der Waals surface area contributed by atoms with Crippen LogP contribution in [-0.2, 0) is 13.1 Å². The molecule has 3 aromatic carbocycles. The molecule has 0 aliphatic carbocycles. The van der Waals surface area contributed by atoms with Crippen LogP contribution >= 0.6 is 11.6 Å². The lowest BCUT2D eigenvalue weighted by atomic mass is 10.1. The van der Waals surface area contributed by atoms with Crippen LogP contribution in [0, 0.1) is 0 Å². The molecule has 0 unspecified atom stereocenters. The van der Waals surface area contributed by atoms with E-state index in [2.05, 4.69) is 10.4 Å². The quantitative estimate of drug-likeness (QED) is 0.390. The number of halogens is 1. The molecule has 2 heterocycles. The number of hydrogen-bond acceptors (Lipinski definition) is 3. The van der Waals surface area contributed by atoms with Crippen molar-refractivity contribution >= 4 is 17.5 Å². The van der Waals surface area contributed by atoms with Crippen molar-refractivity contribution in [2.75, 3.05) is 0 Å². The van der Waals surface area contributed by atoms with E-state index in [9.17, 15) is 9.59 Å². The molecule has 168 valence electrons. The summed E-state index contributed by atoms with van der Waals surface area (Å²) in [6, 6.07) is 26.3. The molecule has 0 aromatic heterocycles. The second-order valence-electron chi connectivity index (χ2n) is 7.95. The minimum absolute atomic E-state index is 0.268. The molecule has 3 aromatic rings. The van der Waals surface area contributed by atoms with Gasteiger partial charge in [-0.1, -0.05) is 72.3 Å². The fraction of sp³-hybridized carbons (Fsp3) is 0.0741. The summed E-state index contributed by atoms with van der Waals surface area (Å²) >= 11 is 5.96. The average Bonchev–Trinajstić information content (AvgIpc) is 3.20. The molecule has 5 rings (SSSR count). The number of hydrogen-bond donors (Lipinski definition) is 1. The Morgan fingerprint density at radius 2 is 1.53 bits per heavy atom. The van der Waals surface area contributed by atoms with Crippen LogP contribution in [-0.4, -0.2) is 20.3 Å². The van der Waals surface area contributed by atoms with Crippen LogP contribution in [0.2, 0.25) is 5.02 Å². The van der Waals surface area contributed by atoms with Crippen LogP contribution in [0.1, 0.15) is 21.5 Å². The van der Waals surface area contributed by atoms with Gasteiger partial charge in [0, 0.05) is 30.5 Å². The van der Waals surface area contributed by atoms with Crippen molar-refractivity contribution < 1.29 is 4.79 Å². The predicted octanol–water partition coefficient (Wildman–Crippen LogP) is 4.77. The molecule has 2 aliphatic heterocycles. The topological polar surface area (TPSA) is 68.9 Å². The van der Waals surface area contributed by atoms with Gasteiger partial charge < -0.3 is 9.88 Å². The standard InChI is InChI=1S/C27H21ClN4O2/c28-21-13-11-19(12-14-21)15-29-26(33)23-17-31(16-20-7-3-1-4-8-20)18-24-25(23)30-32(27(24)34)22-9-5-2-6-10-22/h1-14,17-18H,15-16H2,(H,29,33). The molecule has 1 N–H and O–H groups in total. The third-order valence-electron chi connectivity index (χ3n) is 5.54. The van der Waals surface area contributed by atoms with E-state index in [0.29, 0.717) is 40.6 Å². The Kier molecular flexibility index (Phi) is 5.97. The lowest BCUT2D eigenvalue weighted by Gasteiger charge is -2.13. The predicted molar refractivity (Wildman–Crippen MR) is 133 cm³/mol. The van der Waals surface area contributed by atoms with E-state index < -0.39 is 0 Å². The lowest BCUT2D eigenvalue weighted by molar-refractivity contribution is 0.0950. The second kappa shape index (κ2) is 9.37. The molecular formula is C27H21ClN4O2. The molecule has 0 fully saturated rings. The largest absolute Gasteiger partial charge is 0.348 e. The van der Waals surface area contributed by atoms with Gasteiger partial charge >= 0.3 is 0 Å². The molecular weight excluding hydrogens is 448 g/mol. The van der Waals surface area contributed by atoms with Gasteiger partial charge in [0.05, 0.1) is 16.8 Å². The zero-order valence-electron chi connectivity index (χ0n) is 18.2. The Morgan fingerprint density at radius 1 is 0.853 bits per heavy atom. The SMILES string of the molecule is O=C(NCc1ccc(Cl)cc1)c1cn(Cc2ccccc2)cc2c(=O)n(-c3ccccc3)nc1-2. The maximum atomic E-state index is 13.3. The van der Waals surface area contributed by atoms with E-state index in [0.717, 1.165) is 11.1 Å². The molecule has 0 atom stereocenters. The van der Waals surface area contributed by atoms with Gasteiger partial charge in [0.15, 0.2) is 0 Å². The third kappa shape index (κ3) is 4.49. The van der Waals surface area contributed by atoms with Gasteiger partial charge in [0.2, 0.25) is 0 Å². The molecule has 7 heteroatoms. The van der Waals surface area contributed by atoms with Crippen LogP contribution in [0.4, 0.5) is 0 Å². The van der Waals surface area contributed by atoms with Crippen LogP contribution < -0.4 is 10.9 Å². The number of carbonyl (C=O) groups is 1. The number of nitrogens with zero attached hydrogens (tertiary/aromatic N) is 3. The Morgan fingerprint density at radius 3 is 2.24 bits per heavy atom. The highest BCUT2D eigenvalue weighted by Crippen LogP contribution is 2.23. The van der Waals surface area contributed by atoms with Gasteiger partial charge in [-0.25, -0.2) is 0 Å². The van der Waals surface area contributed by atoms with Gasteiger partial charge in [-0.3, -0.25) is 9.59 Å². The van der Waals surface area contributed by atoms with E-state index in [1.807, 2.05) is 77.4 Å². The van der Waals surface area contributed by atoms with E-state index >= 15 is 0 Å². The van der Waals surface area contributed by atoms with Gasteiger partial charge in [0.1, 0.15) is 5.69 Å². The first kappa shape index (κ1) is 21.7. The van der Waals surface area contributed by atoms with Crippen molar-refractivity contribution in [2.24, 2.45) is 0 Å². The Labute approximate surface area is 201 Å². The van der Waals surface area contributed by atoms with Crippen molar-refractivity contribution in [3.8, 4) is 16.9 Å². The number of pyridine rings is 1. The number of carbonyl (C=O) groups excluding carboxylic acids is 1. The minimum Gasteiger partial charge on any atom is -0.348 e. The number of rotatable bonds is 6. The van der Waals surface area contributed by atoms with Crippen molar-refractivity contribution in [2.45, 2.75) is 13.1 Å². The van der Waals surface area contributed by atoms with Crippen molar-refractivity contribution in [3.63, 3.8) is 0 Å². The number of aromatic nitrogens is 3. The van der Waals surface area contributed by atoms with Gasteiger partial charge in [-0.15, -0.1) is 0 Å². The first-order valence-electron chi connectivity index (χ1n) is 10.8. The molecule has 6 nitrogen and oxygen atoms in total. The molecule has 0 spiro atoms. The number of benzene rings is 3. The van der Waals surface area contributed by atoms with Crippen LogP contribution in [0.15, 0.2) is 102 Å². The Balaban J connectivity index is 1.55. The molecule has 0 bridgehead atoms. The molecule has 1 amide bonds. The third-order valence-corrected chi connectivity index (χ3v) is 5.79. The average molecular weight is 469 g/mol. The summed E-state index contributed by atoms with van der Waals surface area (Å²) in [6.45, 7) is 0.846. The van der Waals surface area contributed by atoms with E-state index in [4.69, 9.17) is 11.6 Å². The Bertz CT molecular complexity index is 1460. The van der Waals surface area contributed by atoms with Crippen molar-refractivity contribution in [3.05, 3.63) is 129 Å². The summed E-state index contributed by atoms with van der Waals surface area (Å²) < 4.78 is 3.20. The van der Waals surface area contributed by atoms with Crippen molar-refractivity contribution in [1.82, 2.24) is 19.7 Å². The number of para-hydroxylation sites is 1. The summed E-state index contributed by atoms with van der Waals surface area (Å²) in [4.78, 5) is 26.5. The summed E-state index contributed by atoms with van der Waals surface area (Å²) in [5.41, 5.74) is 3.45.